The second-order valence-electron chi connectivity index (χ2n) is 6.39. The maximum Gasteiger partial charge on any atom is 0.227 e. The maximum atomic E-state index is 10.4. The minimum Gasteiger partial charge on any atom is -0.504 e. The fraction of sp³-hybridized carbons (Fsp3) is 0.0909. The molecule has 0 radical (unpaired) electrons. The number of benzene rings is 3. The molecule has 1 N–H and O–H groups in total. The van der Waals surface area contributed by atoms with Crippen molar-refractivity contribution >= 4 is 54.9 Å². The lowest BCUT2D eigenvalue weighted by molar-refractivity contribution is 0.372. The Balaban J connectivity index is 1.71. The van der Waals surface area contributed by atoms with E-state index < -0.39 is 0 Å². The Morgan fingerprint density at radius 1 is 1.14 bits per heavy atom. The van der Waals surface area contributed by atoms with Crippen LogP contribution >= 0.6 is 31.9 Å². The number of hydrogen-bond acceptors (Lipinski definition) is 5. The Kier molecular flexibility index (Phi) is 5.43. The number of phenolic OH excluding ortho intramolecular Hbond substituents is 1. The Bertz CT molecular complexity index is 1250. The van der Waals surface area contributed by atoms with Crippen LogP contribution in [0.25, 0.3) is 22.6 Å². The van der Waals surface area contributed by atoms with Crippen LogP contribution in [0.1, 0.15) is 11.1 Å². The van der Waals surface area contributed by atoms with Crippen LogP contribution in [0.4, 0.5) is 5.69 Å². The Morgan fingerprint density at radius 3 is 2.69 bits per heavy atom. The van der Waals surface area contributed by atoms with E-state index >= 15 is 0 Å². The third kappa shape index (κ3) is 3.80. The number of halogens is 2. The molecule has 4 aromatic rings. The van der Waals surface area contributed by atoms with E-state index in [1.165, 1.54) is 7.11 Å². The molecule has 146 valence electrons. The molecule has 0 aliphatic carbocycles. The number of nitrogens with zero attached hydrogens (tertiary/aromatic N) is 2. The number of hydrogen-bond donors (Lipinski definition) is 1. The number of rotatable bonds is 4. The first-order chi connectivity index (χ1) is 14.0. The summed E-state index contributed by atoms with van der Waals surface area (Å²) in [7, 11) is 1.50. The van der Waals surface area contributed by atoms with Gasteiger partial charge in [-0.3, -0.25) is 4.99 Å². The van der Waals surface area contributed by atoms with Crippen molar-refractivity contribution in [1.82, 2.24) is 4.98 Å². The molecule has 0 saturated carbocycles. The van der Waals surface area contributed by atoms with Gasteiger partial charge in [0, 0.05) is 20.7 Å². The Morgan fingerprint density at radius 2 is 1.93 bits per heavy atom. The lowest BCUT2D eigenvalue weighted by atomic mass is 10.2. The normalized spacial score (nSPS) is 11.4. The van der Waals surface area contributed by atoms with E-state index in [9.17, 15) is 5.11 Å². The number of aliphatic imine (C=N–C) groups is 1. The average molecular weight is 516 g/mol. The molecule has 0 aliphatic heterocycles. The van der Waals surface area contributed by atoms with Crippen molar-refractivity contribution in [2.75, 3.05) is 7.11 Å². The Hall–Kier alpha value is -2.64. The zero-order valence-corrected chi connectivity index (χ0v) is 18.8. The van der Waals surface area contributed by atoms with E-state index in [1.54, 1.807) is 12.3 Å². The highest BCUT2D eigenvalue weighted by atomic mass is 79.9. The van der Waals surface area contributed by atoms with E-state index in [-0.39, 0.29) is 5.75 Å². The van der Waals surface area contributed by atoms with Gasteiger partial charge in [-0.05, 0) is 74.7 Å². The van der Waals surface area contributed by atoms with Gasteiger partial charge in [0.15, 0.2) is 17.1 Å². The van der Waals surface area contributed by atoms with Crippen LogP contribution in [0, 0.1) is 6.92 Å². The quantitative estimate of drug-likeness (QED) is 0.304. The lowest BCUT2D eigenvalue weighted by Crippen LogP contribution is -1.91. The first-order valence-electron chi connectivity index (χ1n) is 8.73. The number of aryl methyl sites for hydroxylation is 1. The molecule has 3 aromatic carbocycles. The smallest absolute Gasteiger partial charge is 0.227 e. The molecule has 0 aliphatic rings. The number of oxazole rings is 1. The minimum atomic E-state index is 0.0110. The third-order valence-electron chi connectivity index (χ3n) is 4.47. The third-order valence-corrected chi connectivity index (χ3v) is 6.48. The van der Waals surface area contributed by atoms with Crippen molar-refractivity contribution in [1.29, 1.82) is 0 Å². The predicted octanol–water partition coefficient (Wildman–Crippen LogP) is 6.79. The molecule has 0 amide bonds. The van der Waals surface area contributed by atoms with Gasteiger partial charge in [0.1, 0.15) is 5.52 Å². The van der Waals surface area contributed by atoms with Crippen LogP contribution < -0.4 is 4.74 Å². The fourth-order valence-corrected chi connectivity index (χ4v) is 3.78. The van der Waals surface area contributed by atoms with Crippen molar-refractivity contribution < 1.29 is 14.3 Å². The summed E-state index contributed by atoms with van der Waals surface area (Å²) in [6.45, 7) is 2.01. The van der Waals surface area contributed by atoms with Crippen molar-refractivity contribution in [3.63, 3.8) is 0 Å². The highest BCUT2D eigenvalue weighted by Crippen LogP contribution is 2.39. The van der Waals surface area contributed by atoms with Gasteiger partial charge >= 0.3 is 0 Å². The summed E-state index contributed by atoms with van der Waals surface area (Å²) < 4.78 is 12.5. The lowest BCUT2D eigenvalue weighted by Gasteiger charge is -2.09. The van der Waals surface area contributed by atoms with Crippen molar-refractivity contribution in [2.45, 2.75) is 6.92 Å². The summed E-state index contributed by atoms with van der Waals surface area (Å²) in [5, 5.41) is 10.4. The molecule has 0 spiro atoms. The molecule has 0 unspecified atom stereocenters. The number of fused-ring (bicyclic) bond motifs is 1. The van der Waals surface area contributed by atoms with Gasteiger partial charge in [-0.1, -0.05) is 18.2 Å². The van der Waals surface area contributed by atoms with Crippen molar-refractivity contribution in [2.24, 2.45) is 4.99 Å². The molecule has 0 bridgehead atoms. The molecule has 1 aromatic heterocycles. The number of phenols is 1. The summed E-state index contributed by atoms with van der Waals surface area (Å²) in [5.74, 6) is 0.911. The number of methoxy groups -OCH3 is 1. The van der Waals surface area contributed by atoms with Gasteiger partial charge < -0.3 is 14.3 Å². The van der Waals surface area contributed by atoms with E-state index in [0.717, 1.165) is 26.7 Å². The van der Waals surface area contributed by atoms with E-state index in [0.29, 0.717) is 27.4 Å². The molecule has 1 heterocycles. The van der Waals surface area contributed by atoms with Crippen LogP contribution in [-0.4, -0.2) is 23.4 Å². The molecule has 0 atom stereocenters. The topological polar surface area (TPSA) is 67.9 Å². The number of ether oxygens (including phenoxy) is 1. The Labute approximate surface area is 184 Å². The van der Waals surface area contributed by atoms with Crippen molar-refractivity contribution in [3.05, 3.63) is 68.6 Å². The second kappa shape index (κ2) is 8.00. The number of aromatic nitrogens is 1. The zero-order chi connectivity index (χ0) is 20.5. The highest BCUT2D eigenvalue weighted by Gasteiger charge is 2.14. The van der Waals surface area contributed by atoms with Gasteiger partial charge in [0.05, 0.1) is 18.4 Å². The molecular formula is C22H16Br2N2O3. The summed E-state index contributed by atoms with van der Waals surface area (Å²) in [6, 6.07) is 15.1. The zero-order valence-electron chi connectivity index (χ0n) is 15.6. The van der Waals surface area contributed by atoms with Gasteiger partial charge in [-0.25, -0.2) is 4.98 Å². The van der Waals surface area contributed by atoms with E-state index in [1.807, 2.05) is 49.4 Å². The van der Waals surface area contributed by atoms with Crippen molar-refractivity contribution in [3.8, 4) is 23.0 Å². The van der Waals surface area contributed by atoms with Gasteiger partial charge in [0.25, 0.3) is 0 Å². The molecule has 4 rings (SSSR count). The summed E-state index contributed by atoms with van der Waals surface area (Å²) >= 11 is 6.91. The number of aromatic hydroxyl groups is 1. The van der Waals surface area contributed by atoms with Crippen LogP contribution in [-0.2, 0) is 0 Å². The monoisotopic (exact) mass is 514 g/mol. The largest absolute Gasteiger partial charge is 0.504 e. The predicted molar refractivity (Wildman–Crippen MR) is 121 cm³/mol. The van der Waals surface area contributed by atoms with Gasteiger partial charge in [0.2, 0.25) is 5.89 Å². The highest BCUT2D eigenvalue weighted by molar-refractivity contribution is 9.13. The van der Waals surface area contributed by atoms with Crippen LogP contribution in [0.3, 0.4) is 0 Å². The average Bonchev–Trinajstić information content (AvgIpc) is 3.17. The minimum absolute atomic E-state index is 0.0110. The van der Waals surface area contributed by atoms with E-state index in [4.69, 9.17) is 9.15 Å². The summed E-state index contributed by atoms with van der Waals surface area (Å²) in [6.07, 6.45) is 1.59. The van der Waals surface area contributed by atoms with Gasteiger partial charge in [-0.2, -0.15) is 0 Å². The van der Waals surface area contributed by atoms with Gasteiger partial charge in [-0.15, -0.1) is 0 Å². The maximum absolute atomic E-state index is 10.4. The number of para-hydroxylation sites is 1. The molecule has 5 nitrogen and oxygen atoms in total. The standard InChI is InChI=1S/C22H16Br2N2O3/c1-12-5-3-8-17-20(12)26-22(29-17)13-6-4-7-14(9-13)25-11-15-19(24)16(23)10-18(28-2)21(15)27/h3-11,27H,1-2H3. The van der Waals surface area contributed by atoms with Crippen LogP contribution in [0.15, 0.2) is 66.9 Å². The van der Waals surface area contributed by atoms with Crippen LogP contribution in [0.5, 0.6) is 11.5 Å². The van der Waals surface area contributed by atoms with Crippen LogP contribution in [0.2, 0.25) is 0 Å². The first-order valence-corrected chi connectivity index (χ1v) is 10.3. The fourth-order valence-electron chi connectivity index (χ4n) is 2.95. The second-order valence-corrected chi connectivity index (χ2v) is 8.03. The summed E-state index contributed by atoms with van der Waals surface area (Å²) in [4.78, 5) is 9.13. The molecular weight excluding hydrogens is 500 g/mol. The van der Waals surface area contributed by atoms with E-state index in [2.05, 4.69) is 41.8 Å². The SMILES string of the molecule is COc1cc(Br)c(Br)c(C=Nc2cccc(-c3nc4c(C)cccc4o3)c2)c1O. The first kappa shape index (κ1) is 19.7. The molecule has 7 heteroatoms. The summed E-state index contributed by atoms with van der Waals surface area (Å²) in [5.41, 5.74) is 4.71. The molecule has 0 fully saturated rings. The molecule has 0 saturated heterocycles. The molecule has 29 heavy (non-hydrogen) atoms.